The molecule has 1 atom stereocenters. The molecule has 0 aliphatic heterocycles. The Kier molecular flexibility index (Phi) is 6.19. The maximum atomic E-state index is 5.68. The highest BCUT2D eigenvalue weighted by Crippen LogP contribution is 2.28. The van der Waals surface area contributed by atoms with Crippen LogP contribution < -0.4 is 11.3 Å². The molecule has 0 saturated carbocycles. The molecule has 1 unspecified atom stereocenters. The van der Waals surface area contributed by atoms with Crippen molar-refractivity contribution >= 4 is 11.8 Å². The first-order chi connectivity index (χ1) is 8.46. The number of rotatable bonds is 6. The summed E-state index contributed by atoms with van der Waals surface area (Å²) in [5.74, 6) is 6.79. The van der Waals surface area contributed by atoms with E-state index in [0.29, 0.717) is 5.41 Å². The first-order valence-corrected chi connectivity index (χ1v) is 7.63. The van der Waals surface area contributed by atoms with Crippen molar-refractivity contribution in [3.63, 3.8) is 0 Å². The highest BCUT2D eigenvalue weighted by molar-refractivity contribution is 7.99. The predicted octanol–water partition coefficient (Wildman–Crippen LogP) is 4.13. The molecule has 1 rings (SSSR count). The summed E-state index contributed by atoms with van der Waals surface area (Å²) in [7, 11) is 0. The van der Waals surface area contributed by atoms with E-state index in [1.54, 1.807) is 0 Å². The van der Waals surface area contributed by atoms with Crippen LogP contribution in [-0.4, -0.2) is 5.75 Å². The molecule has 0 fully saturated rings. The first kappa shape index (κ1) is 15.5. The van der Waals surface area contributed by atoms with Gasteiger partial charge in [-0.3, -0.25) is 11.3 Å². The van der Waals surface area contributed by atoms with Gasteiger partial charge in [0.05, 0.1) is 0 Å². The van der Waals surface area contributed by atoms with Crippen molar-refractivity contribution in [2.45, 2.75) is 51.5 Å². The molecule has 0 saturated heterocycles. The van der Waals surface area contributed by atoms with E-state index in [1.165, 1.54) is 10.5 Å². The van der Waals surface area contributed by atoms with Gasteiger partial charge in [0.15, 0.2) is 0 Å². The topological polar surface area (TPSA) is 38.0 Å². The lowest BCUT2D eigenvalue weighted by Gasteiger charge is -2.23. The summed E-state index contributed by atoms with van der Waals surface area (Å²) in [6.45, 7) is 8.97. The van der Waals surface area contributed by atoms with Crippen molar-refractivity contribution in [1.82, 2.24) is 5.43 Å². The molecule has 0 bridgehead atoms. The van der Waals surface area contributed by atoms with Gasteiger partial charge in [0.2, 0.25) is 0 Å². The largest absolute Gasteiger partial charge is 0.271 e. The van der Waals surface area contributed by atoms with Crippen molar-refractivity contribution in [3.05, 3.63) is 29.8 Å². The van der Waals surface area contributed by atoms with E-state index >= 15 is 0 Å². The van der Waals surface area contributed by atoms with Gasteiger partial charge in [-0.2, -0.15) is 0 Å². The zero-order chi connectivity index (χ0) is 13.6. The minimum absolute atomic E-state index is 0.255. The van der Waals surface area contributed by atoms with Crippen molar-refractivity contribution in [2.75, 3.05) is 5.75 Å². The first-order valence-electron chi connectivity index (χ1n) is 6.65. The van der Waals surface area contributed by atoms with Gasteiger partial charge in [-0.1, -0.05) is 39.8 Å². The molecule has 0 radical (unpaired) electrons. The number of thioether (sulfide) groups is 1. The van der Waals surface area contributed by atoms with Gasteiger partial charge in [0.1, 0.15) is 0 Å². The fraction of sp³-hybridized carbons (Fsp3) is 0.600. The fourth-order valence-corrected chi connectivity index (χ4v) is 2.55. The number of hydrazine groups is 1. The summed E-state index contributed by atoms with van der Waals surface area (Å²) in [5.41, 5.74) is 4.57. The predicted molar refractivity (Wildman–Crippen MR) is 81.6 cm³/mol. The summed E-state index contributed by atoms with van der Waals surface area (Å²) in [4.78, 5) is 1.33. The van der Waals surface area contributed by atoms with Gasteiger partial charge in [0, 0.05) is 10.9 Å². The Labute approximate surface area is 116 Å². The SMILES string of the molecule is CCSc1ccc(C(CCC(C)(C)C)NN)cc1. The van der Waals surface area contributed by atoms with Gasteiger partial charge >= 0.3 is 0 Å². The van der Waals surface area contributed by atoms with Crippen LogP contribution in [0.5, 0.6) is 0 Å². The van der Waals surface area contributed by atoms with Crippen molar-refractivity contribution in [3.8, 4) is 0 Å². The lowest BCUT2D eigenvalue weighted by atomic mass is 9.87. The van der Waals surface area contributed by atoms with E-state index in [1.807, 2.05) is 11.8 Å². The minimum atomic E-state index is 0.255. The highest BCUT2D eigenvalue weighted by Gasteiger charge is 2.15. The van der Waals surface area contributed by atoms with Gasteiger partial charge in [0.25, 0.3) is 0 Å². The molecule has 0 aliphatic rings. The Morgan fingerprint density at radius 2 is 1.83 bits per heavy atom. The summed E-state index contributed by atoms with van der Waals surface area (Å²) in [5, 5.41) is 0. The summed E-state index contributed by atoms with van der Waals surface area (Å²) in [6, 6.07) is 9.00. The molecule has 1 aromatic carbocycles. The molecule has 102 valence electrons. The molecule has 0 aliphatic carbocycles. The highest BCUT2D eigenvalue weighted by atomic mass is 32.2. The molecule has 3 heteroatoms. The molecule has 3 N–H and O–H groups in total. The lowest BCUT2D eigenvalue weighted by Crippen LogP contribution is -2.28. The molecule has 0 heterocycles. The van der Waals surface area contributed by atoms with E-state index < -0.39 is 0 Å². The molecule has 0 amide bonds. The smallest absolute Gasteiger partial charge is 0.0460 e. The molecule has 2 nitrogen and oxygen atoms in total. The van der Waals surface area contributed by atoms with Crippen LogP contribution in [0, 0.1) is 5.41 Å². The van der Waals surface area contributed by atoms with E-state index in [4.69, 9.17) is 5.84 Å². The Bertz CT molecular complexity index is 341. The molecule has 0 spiro atoms. The van der Waals surface area contributed by atoms with Crippen LogP contribution in [0.2, 0.25) is 0 Å². The summed E-state index contributed by atoms with van der Waals surface area (Å²) in [6.07, 6.45) is 2.23. The van der Waals surface area contributed by atoms with Crippen LogP contribution in [-0.2, 0) is 0 Å². The minimum Gasteiger partial charge on any atom is -0.271 e. The maximum absolute atomic E-state index is 5.68. The maximum Gasteiger partial charge on any atom is 0.0460 e. The number of benzene rings is 1. The standard InChI is InChI=1S/C15H26N2S/c1-5-18-13-8-6-12(7-9-13)14(17-16)10-11-15(2,3)4/h6-9,14,17H,5,10-11,16H2,1-4H3. The zero-order valence-corrected chi connectivity index (χ0v) is 12.8. The average Bonchev–Trinajstić information content (AvgIpc) is 2.31. The van der Waals surface area contributed by atoms with E-state index in [9.17, 15) is 0 Å². The van der Waals surface area contributed by atoms with Crippen molar-refractivity contribution in [1.29, 1.82) is 0 Å². The van der Waals surface area contributed by atoms with E-state index in [-0.39, 0.29) is 6.04 Å². The van der Waals surface area contributed by atoms with E-state index in [0.717, 1.165) is 18.6 Å². The molecular weight excluding hydrogens is 240 g/mol. The van der Waals surface area contributed by atoms with Crippen LogP contribution >= 0.6 is 11.8 Å². The second-order valence-corrected chi connectivity index (χ2v) is 7.16. The Hall–Kier alpha value is -0.510. The number of nitrogens with one attached hydrogen (secondary N) is 1. The second kappa shape index (κ2) is 7.17. The number of hydrogen-bond acceptors (Lipinski definition) is 3. The Morgan fingerprint density at radius 3 is 2.28 bits per heavy atom. The number of hydrogen-bond donors (Lipinski definition) is 2. The Balaban J connectivity index is 2.64. The van der Waals surface area contributed by atoms with Crippen molar-refractivity contribution < 1.29 is 0 Å². The lowest BCUT2D eigenvalue weighted by molar-refractivity contribution is 0.333. The van der Waals surface area contributed by atoms with Crippen LogP contribution in [0.25, 0.3) is 0 Å². The van der Waals surface area contributed by atoms with Gasteiger partial charge in [-0.05, 0) is 41.7 Å². The molecule has 1 aromatic rings. The van der Waals surface area contributed by atoms with Gasteiger partial charge < -0.3 is 0 Å². The van der Waals surface area contributed by atoms with Gasteiger partial charge in [-0.15, -0.1) is 11.8 Å². The summed E-state index contributed by atoms with van der Waals surface area (Å²) >= 11 is 1.87. The summed E-state index contributed by atoms with van der Waals surface area (Å²) < 4.78 is 0. The molecular formula is C15H26N2S. The Morgan fingerprint density at radius 1 is 1.22 bits per heavy atom. The monoisotopic (exact) mass is 266 g/mol. The normalized spacial score (nSPS) is 13.6. The molecule has 18 heavy (non-hydrogen) atoms. The third-order valence-electron chi connectivity index (χ3n) is 2.98. The van der Waals surface area contributed by atoms with Crippen molar-refractivity contribution in [2.24, 2.45) is 11.3 Å². The van der Waals surface area contributed by atoms with Crippen LogP contribution in [0.15, 0.2) is 29.2 Å². The van der Waals surface area contributed by atoms with Crippen LogP contribution in [0.3, 0.4) is 0 Å². The second-order valence-electron chi connectivity index (χ2n) is 5.82. The molecule has 0 aromatic heterocycles. The van der Waals surface area contributed by atoms with E-state index in [2.05, 4.69) is 57.4 Å². The number of nitrogens with two attached hydrogens (primary N) is 1. The quantitative estimate of drug-likeness (QED) is 0.462. The average molecular weight is 266 g/mol. The van der Waals surface area contributed by atoms with Crippen LogP contribution in [0.1, 0.15) is 52.1 Å². The fourth-order valence-electron chi connectivity index (χ4n) is 1.89. The van der Waals surface area contributed by atoms with Gasteiger partial charge in [-0.25, -0.2) is 0 Å². The van der Waals surface area contributed by atoms with Crippen LogP contribution in [0.4, 0.5) is 0 Å². The third-order valence-corrected chi connectivity index (χ3v) is 3.87. The third kappa shape index (κ3) is 5.42. The zero-order valence-electron chi connectivity index (χ0n) is 12.0.